The third kappa shape index (κ3) is 6.08. The lowest BCUT2D eigenvalue weighted by atomic mass is 10.0. The molecule has 1 atom stereocenters. The van der Waals surface area contributed by atoms with E-state index in [1.54, 1.807) is 37.3 Å². The zero-order valence-corrected chi connectivity index (χ0v) is 17.7. The second-order valence-corrected chi connectivity index (χ2v) is 7.07. The number of tetrazole rings is 1. The molecule has 0 aliphatic heterocycles. The van der Waals surface area contributed by atoms with Gasteiger partial charge in [-0.05, 0) is 42.0 Å². The first-order chi connectivity index (χ1) is 15.4. The van der Waals surface area contributed by atoms with Crippen molar-refractivity contribution in [3.8, 4) is 11.4 Å². The summed E-state index contributed by atoms with van der Waals surface area (Å²) >= 11 is 5.87. The molecule has 1 aromatic heterocycles. The van der Waals surface area contributed by atoms with E-state index in [1.807, 2.05) is 0 Å². The molecular weight excluding hydrogens is 440 g/mol. The van der Waals surface area contributed by atoms with Crippen molar-refractivity contribution in [2.75, 3.05) is 6.61 Å². The second kappa shape index (κ2) is 10.4. The van der Waals surface area contributed by atoms with Gasteiger partial charge in [0.15, 0.2) is 0 Å². The number of aromatic nitrogens is 4. The fraction of sp³-hybridized carbons (Fsp3) is 0.250. The molecule has 0 saturated carbocycles. The molecule has 1 unspecified atom stereocenters. The van der Waals surface area contributed by atoms with Crippen molar-refractivity contribution < 1.29 is 19.2 Å². The second-order valence-electron chi connectivity index (χ2n) is 6.63. The van der Waals surface area contributed by atoms with Gasteiger partial charge in [0, 0.05) is 22.7 Å². The van der Waals surface area contributed by atoms with Gasteiger partial charge in [0.05, 0.1) is 24.0 Å². The molecule has 3 aromatic rings. The van der Waals surface area contributed by atoms with Crippen molar-refractivity contribution in [3.05, 3.63) is 69.2 Å². The van der Waals surface area contributed by atoms with Crippen LogP contribution in [-0.2, 0) is 20.9 Å². The minimum absolute atomic E-state index is 0.156. The Balaban J connectivity index is 1.73. The highest BCUT2D eigenvalue weighted by Gasteiger charge is 2.22. The summed E-state index contributed by atoms with van der Waals surface area (Å²) in [4.78, 5) is 36.3. The van der Waals surface area contributed by atoms with Crippen LogP contribution in [-0.4, -0.2) is 43.6 Å². The summed E-state index contributed by atoms with van der Waals surface area (Å²) in [6, 6.07) is 11.7. The monoisotopic (exact) mass is 458 g/mol. The lowest BCUT2D eigenvalue weighted by Crippen LogP contribution is -2.33. The number of non-ortho nitro benzene ring substituents is 1. The highest BCUT2D eigenvalue weighted by Crippen LogP contribution is 2.22. The van der Waals surface area contributed by atoms with E-state index in [1.165, 1.54) is 18.2 Å². The number of esters is 1. The normalized spacial score (nSPS) is 11.6. The first-order valence-electron chi connectivity index (χ1n) is 9.58. The summed E-state index contributed by atoms with van der Waals surface area (Å²) in [5.41, 5.74) is 0.919. The molecule has 3 rings (SSSR count). The van der Waals surface area contributed by atoms with Gasteiger partial charge < -0.3 is 10.1 Å². The van der Waals surface area contributed by atoms with E-state index < -0.39 is 22.8 Å². The van der Waals surface area contributed by atoms with Crippen LogP contribution in [0.2, 0.25) is 5.02 Å². The van der Waals surface area contributed by atoms with E-state index in [4.69, 9.17) is 16.3 Å². The number of carbonyl (C=O) groups excluding carboxylic acids is 2. The Morgan fingerprint density at radius 1 is 1.25 bits per heavy atom. The molecule has 0 fully saturated rings. The summed E-state index contributed by atoms with van der Waals surface area (Å²) in [6.45, 7) is 1.56. The molecule has 1 N–H and O–H groups in total. The number of benzene rings is 2. The predicted molar refractivity (Wildman–Crippen MR) is 113 cm³/mol. The predicted octanol–water partition coefficient (Wildman–Crippen LogP) is 2.71. The van der Waals surface area contributed by atoms with Gasteiger partial charge in [-0.15, -0.1) is 10.2 Å². The summed E-state index contributed by atoms with van der Waals surface area (Å²) in [5, 5.41) is 26.3. The topological polar surface area (TPSA) is 142 Å². The maximum Gasteiger partial charge on any atom is 0.308 e. The summed E-state index contributed by atoms with van der Waals surface area (Å²) in [5.74, 6) is -0.740. The third-order valence-corrected chi connectivity index (χ3v) is 4.59. The van der Waals surface area contributed by atoms with Crippen LogP contribution in [0, 0.1) is 10.1 Å². The van der Waals surface area contributed by atoms with Gasteiger partial charge in [-0.1, -0.05) is 23.7 Å². The van der Waals surface area contributed by atoms with Crippen LogP contribution in [0.25, 0.3) is 11.4 Å². The summed E-state index contributed by atoms with van der Waals surface area (Å²) < 4.78 is 4.96. The molecule has 0 bridgehead atoms. The molecule has 11 nitrogen and oxygen atoms in total. The number of hydrogen-bond acceptors (Lipinski definition) is 8. The third-order valence-electron chi connectivity index (χ3n) is 4.34. The number of rotatable bonds is 9. The molecule has 0 spiro atoms. The lowest BCUT2D eigenvalue weighted by Gasteiger charge is -2.18. The molecule has 2 aromatic carbocycles. The Kier molecular flexibility index (Phi) is 7.45. The quantitative estimate of drug-likeness (QED) is 0.293. The van der Waals surface area contributed by atoms with Gasteiger partial charge in [-0.2, -0.15) is 4.80 Å². The van der Waals surface area contributed by atoms with Gasteiger partial charge >= 0.3 is 5.97 Å². The highest BCUT2D eigenvalue weighted by molar-refractivity contribution is 6.30. The number of carbonyl (C=O) groups is 2. The standard InChI is InChI=1S/C20H19ClN6O5/c1-2-32-19(29)11-17(14-4-3-5-16(10-14)27(30)31)22-18(28)12-26-24-20(23-25-26)13-6-8-15(21)9-7-13/h3-10,17H,2,11-12H2,1H3,(H,22,28). The zero-order valence-electron chi connectivity index (χ0n) is 17.0. The molecular formula is C20H19ClN6O5. The largest absolute Gasteiger partial charge is 0.466 e. The average molecular weight is 459 g/mol. The van der Waals surface area contributed by atoms with E-state index >= 15 is 0 Å². The van der Waals surface area contributed by atoms with Gasteiger partial charge in [0.2, 0.25) is 11.7 Å². The van der Waals surface area contributed by atoms with Crippen LogP contribution in [0.3, 0.4) is 0 Å². The molecule has 0 radical (unpaired) electrons. The summed E-state index contributed by atoms with van der Waals surface area (Å²) in [7, 11) is 0. The maximum absolute atomic E-state index is 12.6. The first kappa shape index (κ1) is 22.8. The Hall–Kier alpha value is -3.86. The summed E-state index contributed by atoms with van der Waals surface area (Å²) in [6.07, 6.45) is -0.193. The molecule has 0 aliphatic carbocycles. The average Bonchev–Trinajstić information content (AvgIpc) is 3.22. The molecule has 12 heteroatoms. The van der Waals surface area contributed by atoms with E-state index in [0.29, 0.717) is 22.0 Å². The number of nitro groups is 1. The first-order valence-corrected chi connectivity index (χ1v) is 9.96. The SMILES string of the molecule is CCOC(=O)CC(NC(=O)Cn1nnc(-c2ccc(Cl)cc2)n1)c1cccc([N+](=O)[O-])c1. The van der Waals surface area contributed by atoms with Crippen LogP contribution in [0.15, 0.2) is 48.5 Å². The Bertz CT molecular complexity index is 1120. The number of ether oxygens (including phenoxy) is 1. The van der Waals surface area contributed by atoms with Crippen molar-refractivity contribution in [3.63, 3.8) is 0 Å². The van der Waals surface area contributed by atoms with Crippen LogP contribution in [0.1, 0.15) is 24.9 Å². The van der Waals surface area contributed by atoms with Crippen LogP contribution < -0.4 is 5.32 Å². The Morgan fingerprint density at radius 3 is 2.69 bits per heavy atom. The lowest BCUT2D eigenvalue weighted by molar-refractivity contribution is -0.384. The van der Waals surface area contributed by atoms with Crippen molar-refractivity contribution >= 4 is 29.2 Å². The Morgan fingerprint density at radius 2 is 2.00 bits per heavy atom. The van der Waals surface area contributed by atoms with Gasteiger partial charge in [0.1, 0.15) is 6.54 Å². The molecule has 0 saturated heterocycles. The molecule has 166 valence electrons. The Labute approximate surface area is 187 Å². The zero-order chi connectivity index (χ0) is 23.1. The fourth-order valence-corrected chi connectivity index (χ4v) is 3.01. The van der Waals surface area contributed by atoms with E-state index in [9.17, 15) is 19.7 Å². The van der Waals surface area contributed by atoms with E-state index in [0.717, 1.165) is 4.80 Å². The fourth-order valence-electron chi connectivity index (χ4n) is 2.89. The maximum atomic E-state index is 12.6. The van der Waals surface area contributed by atoms with Crippen molar-refractivity contribution in [1.29, 1.82) is 0 Å². The van der Waals surface area contributed by atoms with Gasteiger partial charge in [-0.25, -0.2) is 0 Å². The number of halogens is 1. The van der Waals surface area contributed by atoms with Gasteiger partial charge in [-0.3, -0.25) is 19.7 Å². The highest BCUT2D eigenvalue weighted by atomic mass is 35.5. The van der Waals surface area contributed by atoms with Crippen molar-refractivity contribution in [2.24, 2.45) is 0 Å². The molecule has 1 amide bonds. The molecule has 0 aliphatic rings. The molecule has 32 heavy (non-hydrogen) atoms. The minimum Gasteiger partial charge on any atom is -0.466 e. The van der Waals surface area contributed by atoms with Crippen LogP contribution in [0.4, 0.5) is 5.69 Å². The van der Waals surface area contributed by atoms with Crippen molar-refractivity contribution in [1.82, 2.24) is 25.5 Å². The smallest absolute Gasteiger partial charge is 0.308 e. The van der Waals surface area contributed by atoms with Crippen LogP contribution in [0.5, 0.6) is 0 Å². The van der Waals surface area contributed by atoms with E-state index in [-0.39, 0.29) is 25.3 Å². The number of amides is 1. The van der Waals surface area contributed by atoms with Gasteiger partial charge in [0.25, 0.3) is 5.69 Å². The number of nitro benzene ring substituents is 1. The molecule has 1 heterocycles. The van der Waals surface area contributed by atoms with Crippen LogP contribution >= 0.6 is 11.6 Å². The number of hydrogen-bond donors (Lipinski definition) is 1. The van der Waals surface area contributed by atoms with Crippen molar-refractivity contribution in [2.45, 2.75) is 25.9 Å². The number of nitrogens with one attached hydrogen (secondary N) is 1. The number of nitrogens with zero attached hydrogens (tertiary/aromatic N) is 5. The van der Waals surface area contributed by atoms with E-state index in [2.05, 4.69) is 20.7 Å². The minimum atomic E-state index is -0.833.